The van der Waals surface area contributed by atoms with Gasteiger partial charge in [0.2, 0.25) is 5.88 Å². The summed E-state index contributed by atoms with van der Waals surface area (Å²) in [4.78, 5) is 26.9. The quantitative estimate of drug-likeness (QED) is 0.334. The molecule has 1 aliphatic heterocycles. The van der Waals surface area contributed by atoms with Crippen LogP contribution in [0.3, 0.4) is 0 Å². The van der Waals surface area contributed by atoms with Crippen LogP contribution in [0.4, 0.5) is 0 Å². The number of aromatic nitrogens is 2. The number of nitrogens with zero attached hydrogens (tertiary/aromatic N) is 3. The number of methoxy groups -OCH3 is 2. The largest absolute Gasteiger partial charge is 0.493 e. The number of carbonyl (C=O) groups is 1. The van der Waals surface area contributed by atoms with Crippen molar-refractivity contribution in [2.24, 2.45) is 5.92 Å². The zero-order valence-corrected chi connectivity index (χ0v) is 22.7. The topological polar surface area (TPSA) is 73.8 Å². The Kier molecular flexibility index (Phi) is 6.66. The molecule has 196 valence electrons. The fourth-order valence-corrected chi connectivity index (χ4v) is 7.12. The summed E-state index contributed by atoms with van der Waals surface area (Å²) in [6.07, 6.45) is 5.47. The van der Waals surface area contributed by atoms with Gasteiger partial charge in [0.1, 0.15) is 11.2 Å². The minimum Gasteiger partial charge on any atom is -0.493 e. The van der Waals surface area contributed by atoms with Crippen LogP contribution in [-0.4, -0.2) is 48.1 Å². The van der Waals surface area contributed by atoms with Crippen molar-refractivity contribution in [2.75, 3.05) is 27.4 Å². The third-order valence-electron chi connectivity index (χ3n) is 7.70. The normalized spacial score (nSPS) is 18.6. The molecule has 2 aliphatic rings. The third-order valence-corrected chi connectivity index (χ3v) is 8.86. The number of aryl methyl sites for hydroxylation is 1. The minimum atomic E-state index is -0.253. The summed E-state index contributed by atoms with van der Waals surface area (Å²) in [6, 6.07) is 13.9. The molecule has 7 nitrogen and oxygen atoms in total. The van der Waals surface area contributed by atoms with Gasteiger partial charge < -0.3 is 19.1 Å². The lowest BCUT2D eigenvalue weighted by Crippen LogP contribution is -2.43. The summed E-state index contributed by atoms with van der Waals surface area (Å²) in [7, 11) is 3.28. The van der Waals surface area contributed by atoms with Crippen molar-refractivity contribution >= 4 is 27.5 Å². The van der Waals surface area contributed by atoms with Crippen LogP contribution in [0.25, 0.3) is 10.2 Å². The van der Waals surface area contributed by atoms with Crippen LogP contribution in [0.1, 0.15) is 46.5 Å². The lowest BCUT2D eigenvalue weighted by atomic mass is 9.87. The number of carbonyl (C=O) groups excluding carboxylic acids is 1. The molecule has 0 fully saturated rings. The van der Waals surface area contributed by atoms with E-state index in [0.717, 1.165) is 52.6 Å². The molecule has 8 heteroatoms. The number of rotatable bonds is 6. The standard InChI is InChI=1S/C30H31N3O4S/c1-18-9-10-21-25(13-18)38-30-27(21)29(31-17-32-30)37-16-26(34)33-12-11-20-14-23(35-2)24(36-3)15-22(20)28(33)19-7-5-4-6-8-19/h4-8,14-15,17-18,28H,9-13,16H2,1-3H3. The fourth-order valence-electron chi connectivity index (χ4n) is 5.78. The first-order valence-corrected chi connectivity index (χ1v) is 13.9. The number of thiophene rings is 1. The molecule has 4 aromatic rings. The molecule has 2 aromatic heterocycles. The molecule has 3 heterocycles. The Balaban J connectivity index is 1.31. The van der Waals surface area contributed by atoms with E-state index in [4.69, 9.17) is 14.2 Å². The van der Waals surface area contributed by atoms with Crippen molar-refractivity contribution in [3.05, 3.63) is 75.9 Å². The molecule has 0 spiro atoms. The van der Waals surface area contributed by atoms with E-state index in [9.17, 15) is 4.79 Å². The smallest absolute Gasteiger partial charge is 0.261 e. The molecule has 2 unspecified atom stereocenters. The molecule has 0 N–H and O–H groups in total. The highest BCUT2D eigenvalue weighted by Gasteiger charge is 2.34. The second-order valence-electron chi connectivity index (χ2n) is 10.1. The van der Waals surface area contributed by atoms with Crippen LogP contribution in [0.15, 0.2) is 48.8 Å². The van der Waals surface area contributed by atoms with Gasteiger partial charge in [0.15, 0.2) is 18.1 Å². The van der Waals surface area contributed by atoms with Crippen LogP contribution in [-0.2, 0) is 24.1 Å². The molecule has 0 saturated heterocycles. The third kappa shape index (κ3) is 4.36. The van der Waals surface area contributed by atoms with Crippen LogP contribution in [0, 0.1) is 5.92 Å². The highest BCUT2D eigenvalue weighted by molar-refractivity contribution is 7.18. The predicted molar refractivity (Wildman–Crippen MR) is 147 cm³/mol. The highest BCUT2D eigenvalue weighted by Crippen LogP contribution is 2.42. The summed E-state index contributed by atoms with van der Waals surface area (Å²) >= 11 is 1.73. The first-order valence-electron chi connectivity index (χ1n) is 13.0. The summed E-state index contributed by atoms with van der Waals surface area (Å²) in [5.74, 6) is 2.45. The molecule has 38 heavy (non-hydrogen) atoms. The Morgan fingerprint density at radius 3 is 2.66 bits per heavy atom. The van der Waals surface area contributed by atoms with Crippen molar-refractivity contribution in [3.8, 4) is 17.4 Å². The molecular weight excluding hydrogens is 498 g/mol. The minimum absolute atomic E-state index is 0.0798. The maximum absolute atomic E-state index is 13.8. The average molecular weight is 530 g/mol. The van der Waals surface area contributed by atoms with Gasteiger partial charge in [-0.05, 0) is 66.0 Å². The Labute approximate surface area is 226 Å². The Morgan fingerprint density at radius 1 is 1.08 bits per heavy atom. The SMILES string of the molecule is COc1cc2c(cc1OC)C(c1ccccc1)N(C(=O)COc1ncnc3sc4c(c13)CCC(C)C4)CC2. The lowest BCUT2D eigenvalue weighted by molar-refractivity contribution is -0.135. The van der Waals surface area contributed by atoms with E-state index < -0.39 is 0 Å². The maximum atomic E-state index is 13.8. The van der Waals surface area contributed by atoms with Gasteiger partial charge in [0, 0.05) is 11.4 Å². The number of hydrogen-bond acceptors (Lipinski definition) is 7. The Hall–Kier alpha value is -3.65. The highest BCUT2D eigenvalue weighted by atomic mass is 32.1. The summed E-state index contributed by atoms with van der Waals surface area (Å²) in [5, 5.41) is 0.979. The maximum Gasteiger partial charge on any atom is 0.261 e. The molecular formula is C30H31N3O4S. The van der Waals surface area contributed by atoms with E-state index in [-0.39, 0.29) is 18.6 Å². The van der Waals surface area contributed by atoms with Gasteiger partial charge in [-0.25, -0.2) is 9.97 Å². The lowest BCUT2D eigenvalue weighted by Gasteiger charge is -2.38. The molecule has 6 rings (SSSR count). The number of fused-ring (bicyclic) bond motifs is 4. The van der Waals surface area contributed by atoms with Gasteiger partial charge in [0.25, 0.3) is 5.91 Å². The second-order valence-corrected chi connectivity index (χ2v) is 11.1. The molecule has 1 aliphatic carbocycles. The van der Waals surface area contributed by atoms with Crippen LogP contribution < -0.4 is 14.2 Å². The average Bonchev–Trinajstić information content (AvgIpc) is 3.33. The second kappa shape index (κ2) is 10.3. The summed E-state index contributed by atoms with van der Waals surface area (Å²) in [6.45, 7) is 2.79. The van der Waals surface area contributed by atoms with Crippen LogP contribution >= 0.6 is 11.3 Å². The Bertz CT molecular complexity index is 1490. The van der Waals surface area contributed by atoms with Gasteiger partial charge in [-0.15, -0.1) is 11.3 Å². The van der Waals surface area contributed by atoms with Crippen molar-refractivity contribution < 1.29 is 19.0 Å². The van der Waals surface area contributed by atoms with E-state index in [1.165, 1.54) is 16.8 Å². The number of hydrogen-bond donors (Lipinski definition) is 0. The van der Waals surface area contributed by atoms with Crippen molar-refractivity contribution in [1.29, 1.82) is 0 Å². The molecule has 0 saturated carbocycles. The Morgan fingerprint density at radius 2 is 1.87 bits per heavy atom. The van der Waals surface area contributed by atoms with Crippen LogP contribution in [0.5, 0.6) is 17.4 Å². The molecule has 2 atom stereocenters. The van der Waals surface area contributed by atoms with Gasteiger partial charge in [-0.1, -0.05) is 37.3 Å². The zero-order chi connectivity index (χ0) is 26.2. The molecule has 2 aromatic carbocycles. The van der Waals surface area contributed by atoms with Gasteiger partial charge >= 0.3 is 0 Å². The fraction of sp³-hybridized carbons (Fsp3) is 0.367. The number of ether oxygens (including phenoxy) is 3. The number of amides is 1. The van der Waals surface area contributed by atoms with Crippen molar-refractivity contribution in [3.63, 3.8) is 0 Å². The van der Waals surface area contributed by atoms with Crippen LogP contribution in [0.2, 0.25) is 0 Å². The van der Waals surface area contributed by atoms with E-state index in [1.807, 2.05) is 35.2 Å². The predicted octanol–water partition coefficient (Wildman–Crippen LogP) is 5.39. The van der Waals surface area contributed by atoms with Crippen molar-refractivity contribution in [2.45, 2.75) is 38.6 Å². The number of benzene rings is 2. The van der Waals surface area contributed by atoms with Gasteiger partial charge in [-0.2, -0.15) is 0 Å². The molecule has 0 bridgehead atoms. The monoisotopic (exact) mass is 529 g/mol. The molecule has 0 radical (unpaired) electrons. The van der Waals surface area contributed by atoms with E-state index >= 15 is 0 Å². The van der Waals surface area contributed by atoms with Gasteiger partial charge in [0.05, 0.1) is 25.6 Å². The van der Waals surface area contributed by atoms with E-state index in [1.54, 1.807) is 25.6 Å². The van der Waals surface area contributed by atoms with E-state index in [0.29, 0.717) is 29.8 Å². The van der Waals surface area contributed by atoms with Crippen molar-refractivity contribution in [1.82, 2.24) is 14.9 Å². The first kappa shape index (κ1) is 24.7. The molecule has 1 amide bonds. The zero-order valence-electron chi connectivity index (χ0n) is 21.9. The summed E-state index contributed by atoms with van der Waals surface area (Å²) in [5.41, 5.74) is 4.53. The van der Waals surface area contributed by atoms with Gasteiger partial charge in [-0.3, -0.25) is 4.79 Å². The van der Waals surface area contributed by atoms with E-state index in [2.05, 4.69) is 29.0 Å². The first-order chi connectivity index (χ1) is 18.6. The summed E-state index contributed by atoms with van der Waals surface area (Å²) < 4.78 is 17.3.